The summed E-state index contributed by atoms with van der Waals surface area (Å²) in [5, 5.41) is 14.2. The number of aryl methyl sites for hydroxylation is 1. The molecule has 1 aromatic carbocycles. The number of halogens is 3. The van der Waals surface area contributed by atoms with E-state index in [1.807, 2.05) is 17.6 Å². The van der Waals surface area contributed by atoms with Gasteiger partial charge in [0, 0.05) is 29.2 Å². The van der Waals surface area contributed by atoms with Crippen molar-refractivity contribution in [3.8, 4) is 5.69 Å². The second-order valence-corrected chi connectivity index (χ2v) is 7.44. The van der Waals surface area contributed by atoms with Gasteiger partial charge in [-0.1, -0.05) is 6.07 Å². The Balaban J connectivity index is 1.66. The van der Waals surface area contributed by atoms with Crippen LogP contribution >= 0.6 is 0 Å². The van der Waals surface area contributed by atoms with Gasteiger partial charge in [0.15, 0.2) is 12.4 Å². The quantitative estimate of drug-likeness (QED) is 0.514. The number of rotatable bonds is 3. The second-order valence-electron chi connectivity index (χ2n) is 7.44. The van der Waals surface area contributed by atoms with Crippen LogP contribution in [0.25, 0.3) is 5.69 Å². The Morgan fingerprint density at radius 3 is 2.63 bits per heavy atom. The molecule has 30 heavy (non-hydrogen) atoms. The van der Waals surface area contributed by atoms with E-state index in [2.05, 4.69) is 5.32 Å². The summed E-state index contributed by atoms with van der Waals surface area (Å²) in [6.07, 6.45) is 0.360. The Morgan fingerprint density at radius 2 is 1.93 bits per heavy atom. The first-order valence-electron chi connectivity index (χ1n) is 9.62. The molecule has 0 unspecified atom stereocenters. The van der Waals surface area contributed by atoms with Crippen LogP contribution in [0, 0.1) is 12.1 Å². The molecule has 0 saturated heterocycles. The fourth-order valence-corrected chi connectivity index (χ4v) is 4.04. The number of fused-ring (bicyclic) bond motifs is 1. The van der Waals surface area contributed by atoms with Crippen LogP contribution in [0.1, 0.15) is 51.8 Å². The largest absolute Gasteiger partial charge is 0.619 e. The van der Waals surface area contributed by atoms with Crippen molar-refractivity contribution in [2.24, 2.45) is 0 Å². The summed E-state index contributed by atoms with van der Waals surface area (Å²) in [6, 6.07) is 9.86. The molecule has 1 N–H and O–H groups in total. The number of hydrogen-bond acceptors (Lipinski definition) is 2. The number of carbonyl (C=O) groups excluding carboxylic acids is 1. The maximum absolute atomic E-state index is 13.2. The summed E-state index contributed by atoms with van der Waals surface area (Å²) >= 11 is 0. The summed E-state index contributed by atoms with van der Waals surface area (Å²) in [7, 11) is 0. The Kier molecular flexibility index (Phi) is 5.01. The fraction of sp³-hybridized carbons (Fsp3) is 0.273. The second kappa shape index (κ2) is 7.51. The molecule has 2 aromatic heterocycles. The highest BCUT2D eigenvalue weighted by molar-refractivity contribution is 5.94. The first-order valence-corrected chi connectivity index (χ1v) is 9.62. The standard InChI is InChI=1S/C22H20F3N3O2/c1-14-12-18-19(26-21(29)15-8-10-27(30)11-9-15)6-3-7-20(18)28(14)17-5-2-4-16(13-17)22(23,24)25/h2,4-5,8-13,19H,3,6-7H2,1H3,(H,26,29)/t19-/m1/s1. The van der Waals surface area contributed by atoms with Gasteiger partial charge < -0.3 is 15.1 Å². The molecule has 0 spiro atoms. The van der Waals surface area contributed by atoms with Crippen molar-refractivity contribution in [2.75, 3.05) is 0 Å². The monoisotopic (exact) mass is 415 g/mol. The van der Waals surface area contributed by atoms with Gasteiger partial charge in [-0.15, -0.1) is 0 Å². The van der Waals surface area contributed by atoms with Crippen molar-refractivity contribution in [3.05, 3.63) is 88.1 Å². The third-order valence-electron chi connectivity index (χ3n) is 5.40. The molecular formula is C22H20F3N3O2. The third-order valence-corrected chi connectivity index (χ3v) is 5.40. The van der Waals surface area contributed by atoms with E-state index in [9.17, 15) is 23.2 Å². The van der Waals surface area contributed by atoms with Crippen LogP contribution in [0.4, 0.5) is 13.2 Å². The van der Waals surface area contributed by atoms with Gasteiger partial charge in [-0.05, 0) is 56.0 Å². The average molecular weight is 415 g/mol. The van der Waals surface area contributed by atoms with Crippen LogP contribution in [-0.2, 0) is 12.6 Å². The minimum Gasteiger partial charge on any atom is -0.619 e. The minimum atomic E-state index is -4.41. The molecular weight excluding hydrogens is 395 g/mol. The molecule has 1 atom stereocenters. The van der Waals surface area contributed by atoms with E-state index in [1.165, 1.54) is 30.6 Å². The molecule has 4 rings (SSSR count). The first kappa shape index (κ1) is 20.0. The Morgan fingerprint density at radius 1 is 1.20 bits per heavy atom. The van der Waals surface area contributed by atoms with E-state index >= 15 is 0 Å². The van der Waals surface area contributed by atoms with Gasteiger partial charge in [-0.2, -0.15) is 17.9 Å². The van der Waals surface area contributed by atoms with Gasteiger partial charge in [0.1, 0.15) is 0 Å². The van der Waals surface area contributed by atoms with Gasteiger partial charge in [-0.25, -0.2) is 0 Å². The van der Waals surface area contributed by atoms with E-state index in [4.69, 9.17) is 0 Å². The smallest absolute Gasteiger partial charge is 0.416 e. The molecule has 0 bridgehead atoms. The highest BCUT2D eigenvalue weighted by Gasteiger charge is 2.31. The number of amides is 1. The molecule has 1 aliphatic rings. The number of hydrogen-bond donors (Lipinski definition) is 1. The minimum absolute atomic E-state index is 0.244. The zero-order valence-electron chi connectivity index (χ0n) is 16.2. The lowest BCUT2D eigenvalue weighted by Crippen LogP contribution is -2.32. The summed E-state index contributed by atoms with van der Waals surface area (Å²) < 4.78 is 41.9. The predicted molar refractivity (Wildman–Crippen MR) is 104 cm³/mol. The van der Waals surface area contributed by atoms with Crippen LogP contribution < -0.4 is 10.0 Å². The van der Waals surface area contributed by atoms with Crippen molar-refractivity contribution in [3.63, 3.8) is 0 Å². The fourth-order valence-electron chi connectivity index (χ4n) is 4.04. The topological polar surface area (TPSA) is 61.0 Å². The van der Waals surface area contributed by atoms with E-state index in [1.54, 1.807) is 6.07 Å². The van der Waals surface area contributed by atoms with Crippen LogP contribution in [0.5, 0.6) is 0 Å². The first-order chi connectivity index (χ1) is 14.2. The molecule has 0 saturated carbocycles. The summed E-state index contributed by atoms with van der Waals surface area (Å²) in [5.74, 6) is -0.294. The van der Waals surface area contributed by atoms with E-state index in [0.717, 1.165) is 41.9 Å². The van der Waals surface area contributed by atoms with Gasteiger partial charge in [0.05, 0.1) is 17.2 Å². The number of benzene rings is 1. The molecule has 2 heterocycles. The molecule has 3 aromatic rings. The highest BCUT2D eigenvalue weighted by Crippen LogP contribution is 2.36. The zero-order valence-corrected chi connectivity index (χ0v) is 16.2. The van der Waals surface area contributed by atoms with E-state index < -0.39 is 11.7 Å². The molecule has 5 nitrogen and oxygen atoms in total. The normalized spacial score (nSPS) is 16.2. The van der Waals surface area contributed by atoms with Crippen LogP contribution in [-0.4, -0.2) is 10.5 Å². The molecule has 8 heteroatoms. The summed E-state index contributed by atoms with van der Waals surface area (Å²) in [6.45, 7) is 1.85. The predicted octanol–water partition coefficient (Wildman–Crippen LogP) is 4.25. The molecule has 0 radical (unpaired) electrons. The summed E-state index contributed by atoms with van der Waals surface area (Å²) in [5.41, 5.74) is 2.78. The van der Waals surface area contributed by atoms with Gasteiger partial charge in [-0.3, -0.25) is 4.79 Å². The molecule has 1 aliphatic carbocycles. The zero-order chi connectivity index (χ0) is 21.5. The molecule has 0 fully saturated rings. The van der Waals surface area contributed by atoms with E-state index in [0.29, 0.717) is 22.4 Å². The number of nitrogens with one attached hydrogen (secondary N) is 1. The Labute approximate surface area is 171 Å². The average Bonchev–Trinajstić information content (AvgIpc) is 3.05. The van der Waals surface area contributed by atoms with Crippen LogP contribution in [0.2, 0.25) is 0 Å². The molecule has 1 amide bonds. The van der Waals surface area contributed by atoms with Gasteiger partial charge in [0.25, 0.3) is 5.91 Å². The maximum atomic E-state index is 13.2. The van der Waals surface area contributed by atoms with Crippen molar-refractivity contribution in [1.82, 2.24) is 9.88 Å². The number of alkyl halides is 3. The maximum Gasteiger partial charge on any atom is 0.416 e. The third kappa shape index (κ3) is 3.77. The lowest BCUT2D eigenvalue weighted by Gasteiger charge is -2.25. The number of pyridine rings is 1. The lowest BCUT2D eigenvalue weighted by molar-refractivity contribution is -0.605. The lowest BCUT2D eigenvalue weighted by atomic mass is 9.92. The molecule has 0 aliphatic heterocycles. The Hall–Kier alpha value is -3.29. The van der Waals surface area contributed by atoms with Gasteiger partial charge >= 0.3 is 6.18 Å². The number of aromatic nitrogens is 2. The van der Waals surface area contributed by atoms with Crippen molar-refractivity contribution < 1.29 is 22.7 Å². The number of carbonyl (C=O) groups is 1. The van der Waals surface area contributed by atoms with Gasteiger partial charge in [0.2, 0.25) is 0 Å². The SMILES string of the molecule is Cc1cc2c(n1-c1cccc(C(F)(F)F)c1)CCC[C@H]2NC(=O)c1cc[n+]([O-])cc1. The number of nitrogens with zero attached hydrogens (tertiary/aromatic N) is 2. The van der Waals surface area contributed by atoms with Crippen molar-refractivity contribution >= 4 is 5.91 Å². The van der Waals surface area contributed by atoms with Crippen LogP contribution in [0.15, 0.2) is 54.9 Å². The Bertz CT molecular complexity index is 1090. The van der Waals surface area contributed by atoms with E-state index in [-0.39, 0.29) is 11.9 Å². The summed E-state index contributed by atoms with van der Waals surface area (Å²) in [4.78, 5) is 12.6. The van der Waals surface area contributed by atoms with Crippen molar-refractivity contribution in [2.45, 2.75) is 38.4 Å². The highest BCUT2D eigenvalue weighted by atomic mass is 19.4. The molecule has 156 valence electrons. The van der Waals surface area contributed by atoms with Crippen LogP contribution in [0.3, 0.4) is 0 Å². The van der Waals surface area contributed by atoms with Crippen molar-refractivity contribution in [1.29, 1.82) is 0 Å².